The van der Waals surface area contributed by atoms with Crippen LogP contribution in [0.1, 0.15) is 36.3 Å². The van der Waals surface area contributed by atoms with E-state index in [1.165, 1.54) is 0 Å². The lowest BCUT2D eigenvalue weighted by Crippen LogP contribution is -2.05. The quantitative estimate of drug-likeness (QED) is 0.783. The summed E-state index contributed by atoms with van der Waals surface area (Å²) in [5, 5.41) is 0. The number of halogens is 2. The fraction of sp³-hybridized carbons (Fsp3) is 0.250. The summed E-state index contributed by atoms with van der Waals surface area (Å²) in [6.07, 6.45) is 0.808. The van der Waals surface area contributed by atoms with E-state index in [0.717, 1.165) is 24.2 Å². The molecule has 104 valence electrons. The number of aromatic nitrogens is 1. The van der Waals surface area contributed by atoms with Crippen LogP contribution >= 0.6 is 0 Å². The van der Waals surface area contributed by atoms with Gasteiger partial charge in [0.15, 0.2) is 5.78 Å². The molecule has 0 spiro atoms. The van der Waals surface area contributed by atoms with E-state index in [-0.39, 0.29) is 6.42 Å². The van der Waals surface area contributed by atoms with E-state index < -0.39 is 23.0 Å². The molecular weight excluding hydrogens is 260 g/mol. The Hall–Kier alpha value is -2.10. The molecule has 0 unspecified atom stereocenters. The van der Waals surface area contributed by atoms with Gasteiger partial charge in [-0.2, -0.15) is 0 Å². The summed E-state index contributed by atoms with van der Waals surface area (Å²) in [5.41, 5.74) is 1.21. The normalized spacial score (nSPS) is 10.6. The van der Waals surface area contributed by atoms with Crippen molar-refractivity contribution < 1.29 is 13.6 Å². The monoisotopic (exact) mass is 275 g/mol. The Labute approximate surface area is 116 Å². The molecule has 1 aromatic heterocycles. The molecule has 0 saturated carbocycles. The van der Waals surface area contributed by atoms with Crippen LogP contribution < -0.4 is 0 Å². The molecule has 0 saturated heterocycles. The maximum absolute atomic E-state index is 13.9. The Morgan fingerprint density at radius 3 is 2.35 bits per heavy atom. The lowest BCUT2D eigenvalue weighted by molar-refractivity contribution is 0.0980. The molecule has 0 fully saturated rings. The Kier molecular flexibility index (Phi) is 4.23. The molecule has 0 radical (unpaired) electrons. The van der Waals surface area contributed by atoms with E-state index in [1.807, 2.05) is 13.0 Å². The summed E-state index contributed by atoms with van der Waals surface area (Å²) in [4.78, 5) is 15.8. The number of aryl methyl sites for hydroxylation is 1. The highest BCUT2D eigenvalue weighted by Gasteiger charge is 2.18. The Balaban J connectivity index is 2.51. The summed E-state index contributed by atoms with van der Waals surface area (Å²) in [5.74, 6) is -2.21. The largest absolute Gasteiger partial charge is 0.294 e. The van der Waals surface area contributed by atoms with E-state index in [2.05, 4.69) is 4.98 Å². The van der Waals surface area contributed by atoms with Crippen LogP contribution in [-0.4, -0.2) is 10.8 Å². The van der Waals surface area contributed by atoms with E-state index in [9.17, 15) is 13.6 Å². The van der Waals surface area contributed by atoms with Crippen LogP contribution in [0.5, 0.6) is 0 Å². The van der Waals surface area contributed by atoms with E-state index >= 15 is 0 Å². The number of nitrogens with zero attached hydrogens (tertiary/aromatic N) is 1. The van der Waals surface area contributed by atoms with Gasteiger partial charge in [-0.1, -0.05) is 19.9 Å². The third-order valence-electron chi connectivity index (χ3n) is 3.11. The van der Waals surface area contributed by atoms with Crippen molar-refractivity contribution >= 4 is 5.78 Å². The van der Waals surface area contributed by atoms with E-state index in [0.29, 0.717) is 11.3 Å². The minimum Gasteiger partial charge on any atom is -0.294 e. The standard InChI is InChI=1S/C16H15F2NO/c1-3-11-6-5-7-14(19-11)10-8-12(17)16(13(18)9-10)15(20)4-2/h5-9H,3-4H2,1-2H3. The van der Waals surface area contributed by atoms with E-state index in [4.69, 9.17) is 0 Å². The molecule has 1 heterocycles. The van der Waals surface area contributed by atoms with Gasteiger partial charge in [-0.15, -0.1) is 0 Å². The summed E-state index contributed by atoms with van der Waals surface area (Å²) < 4.78 is 27.9. The molecule has 0 aliphatic carbocycles. The third-order valence-corrected chi connectivity index (χ3v) is 3.11. The Bertz CT molecular complexity index is 630. The SMILES string of the molecule is CCC(=O)c1c(F)cc(-c2cccc(CC)n2)cc1F. The van der Waals surface area contributed by atoms with Gasteiger partial charge in [0.05, 0.1) is 11.3 Å². The number of ketones is 1. The van der Waals surface area contributed by atoms with Crippen molar-refractivity contribution in [2.75, 3.05) is 0 Å². The van der Waals surface area contributed by atoms with Crippen LogP contribution in [0.2, 0.25) is 0 Å². The van der Waals surface area contributed by atoms with Crippen molar-refractivity contribution in [1.29, 1.82) is 0 Å². The molecule has 2 nitrogen and oxygen atoms in total. The smallest absolute Gasteiger partial charge is 0.168 e. The topological polar surface area (TPSA) is 30.0 Å². The lowest BCUT2D eigenvalue weighted by Gasteiger charge is -2.07. The minimum absolute atomic E-state index is 0.0662. The van der Waals surface area contributed by atoms with Crippen molar-refractivity contribution in [2.24, 2.45) is 0 Å². The zero-order valence-corrected chi connectivity index (χ0v) is 11.4. The average molecular weight is 275 g/mol. The molecule has 20 heavy (non-hydrogen) atoms. The van der Waals surface area contributed by atoms with Crippen LogP contribution in [-0.2, 0) is 6.42 Å². The number of hydrogen-bond donors (Lipinski definition) is 0. The third kappa shape index (κ3) is 2.74. The highest BCUT2D eigenvalue weighted by molar-refractivity contribution is 5.96. The van der Waals surface area contributed by atoms with Crippen molar-refractivity contribution in [1.82, 2.24) is 4.98 Å². The maximum atomic E-state index is 13.9. The van der Waals surface area contributed by atoms with Crippen LogP contribution in [0.3, 0.4) is 0 Å². The summed E-state index contributed by atoms with van der Waals surface area (Å²) in [6.45, 7) is 3.53. The molecular formula is C16H15F2NO. The number of benzene rings is 1. The summed E-state index contributed by atoms with van der Waals surface area (Å²) in [7, 11) is 0. The first-order chi connectivity index (χ1) is 9.56. The van der Waals surface area contributed by atoms with Gasteiger partial charge >= 0.3 is 0 Å². The van der Waals surface area contributed by atoms with Crippen LogP contribution in [0.25, 0.3) is 11.3 Å². The highest BCUT2D eigenvalue weighted by Crippen LogP contribution is 2.24. The van der Waals surface area contributed by atoms with Gasteiger partial charge in [-0.05, 0) is 30.7 Å². The molecule has 4 heteroatoms. The molecule has 1 aromatic carbocycles. The lowest BCUT2D eigenvalue weighted by atomic mass is 10.0. The number of carbonyl (C=O) groups is 1. The fourth-order valence-electron chi connectivity index (χ4n) is 2.00. The number of rotatable bonds is 4. The van der Waals surface area contributed by atoms with Crippen molar-refractivity contribution in [3.05, 3.63) is 53.2 Å². The highest BCUT2D eigenvalue weighted by atomic mass is 19.1. The minimum atomic E-state index is -0.837. The second-order valence-corrected chi connectivity index (χ2v) is 4.46. The predicted octanol–water partition coefficient (Wildman–Crippen LogP) is 4.18. The zero-order chi connectivity index (χ0) is 14.7. The Morgan fingerprint density at radius 2 is 1.80 bits per heavy atom. The summed E-state index contributed by atoms with van der Waals surface area (Å²) >= 11 is 0. The van der Waals surface area contributed by atoms with Crippen LogP contribution in [0.15, 0.2) is 30.3 Å². The first kappa shape index (κ1) is 14.3. The van der Waals surface area contributed by atoms with E-state index in [1.54, 1.807) is 19.1 Å². The molecule has 2 rings (SSSR count). The Morgan fingerprint density at radius 1 is 1.15 bits per heavy atom. The second-order valence-electron chi connectivity index (χ2n) is 4.46. The van der Waals surface area contributed by atoms with Gasteiger partial charge in [-0.25, -0.2) is 8.78 Å². The molecule has 0 aliphatic heterocycles. The second kappa shape index (κ2) is 5.90. The summed E-state index contributed by atoms with van der Waals surface area (Å²) in [6, 6.07) is 7.66. The van der Waals surface area contributed by atoms with Crippen molar-refractivity contribution in [3.63, 3.8) is 0 Å². The molecule has 0 aliphatic rings. The molecule has 0 atom stereocenters. The fourth-order valence-corrected chi connectivity index (χ4v) is 2.00. The molecule has 2 aromatic rings. The average Bonchev–Trinajstić information content (AvgIpc) is 2.46. The van der Waals surface area contributed by atoms with Gasteiger partial charge in [0.2, 0.25) is 0 Å². The number of pyridine rings is 1. The maximum Gasteiger partial charge on any atom is 0.168 e. The molecule has 0 amide bonds. The number of carbonyl (C=O) groups excluding carboxylic acids is 1. The van der Waals surface area contributed by atoms with Crippen molar-refractivity contribution in [3.8, 4) is 11.3 Å². The molecule has 0 N–H and O–H groups in total. The van der Waals surface area contributed by atoms with Gasteiger partial charge < -0.3 is 0 Å². The van der Waals surface area contributed by atoms with Gasteiger partial charge in [0.1, 0.15) is 11.6 Å². The van der Waals surface area contributed by atoms with Gasteiger partial charge in [0.25, 0.3) is 0 Å². The number of hydrogen-bond acceptors (Lipinski definition) is 2. The molecule has 0 bridgehead atoms. The first-order valence-electron chi connectivity index (χ1n) is 6.55. The number of Topliss-reactive ketones (excluding diaryl/α,β-unsaturated/α-hetero) is 1. The predicted molar refractivity (Wildman–Crippen MR) is 73.6 cm³/mol. The van der Waals surface area contributed by atoms with Crippen LogP contribution in [0, 0.1) is 11.6 Å². The van der Waals surface area contributed by atoms with Gasteiger partial charge in [-0.3, -0.25) is 9.78 Å². The van der Waals surface area contributed by atoms with Crippen LogP contribution in [0.4, 0.5) is 8.78 Å². The zero-order valence-electron chi connectivity index (χ0n) is 11.4. The van der Waals surface area contributed by atoms with Gasteiger partial charge in [0, 0.05) is 17.7 Å². The first-order valence-corrected chi connectivity index (χ1v) is 6.55. The van der Waals surface area contributed by atoms with Crippen molar-refractivity contribution in [2.45, 2.75) is 26.7 Å².